The molecule has 0 spiro atoms. The molecular weight excluding hydrogens is 176 g/mol. The zero-order chi connectivity index (χ0) is 10.3. The monoisotopic (exact) mass is 194 g/mol. The Morgan fingerprint density at radius 3 is 1.79 bits per heavy atom. The van der Waals surface area contributed by atoms with E-state index in [0.717, 1.165) is 0 Å². The zero-order valence-electron chi connectivity index (χ0n) is 8.77. The van der Waals surface area contributed by atoms with E-state index in [1.165, 1.54) is 11.1 Å². The van der Waals surface area contributed by atoms with Gasteiger partial charge < -0.3 is 10.2 Å². The molecule has 0 aromatic rings. The van der Waals surface area contributed by atoms with E-state index in [9.17, 15) is 10.2 Å². The zero-order valence-corrected chi connectivity index (χ0v) is 8.77. The van der Waals surface area contributed by atoms with Crippen molar-refractivity contribution in [1.82, 2.24) is 0 Å². The molecule has 2 heteroatoms. The van der Waals surface area contributed by atoms with Crippen LogP contribution in [0, 0.1) is 23.7 Å². The number of fused-ring (bicyclic) bond motifs is 2. The molecule has 14 heavy (non-hydrogen) atoms. The van der Waals surface area contributed by atoms with E-state index >= 15 is 0 Å². The summed E-state index contributed by atoms with van der Waals surface area (Å²) >= 11 is 0. The Morgan fingerprint density at radius 2 is 1.50 bits per heavy atom. The van der Waals surface area contributed by atoms with Crippen LogP contribution in [-0.4, -0.2) is 23.4 Å². The van der Waals surface area contributed by atoms with Crippen molar-refractivity contribution in [2.45, 2.75) is 13.8 Å². The molecule has 1 fully saturated rings. The lowest BCUT2D eigenvalue weighted by molar-refractivity contribution is 0.112. The molecule has 2 N–H and O–H groups in total. The molecule has 2 bridgehead atoms. The number of allylic oxidation sites excluding steroid dienone is 4. The Hall–Kier alpha value is -0.600. The van der Waals surface area contributed by atoms with E-state index < -0.39 is 0 Å². The van der Waals surface area contributed by atoms with Crippen molar-refractivity contribution in [2.24, 2.45) is 23.7 Å². The summed E-state index contributed by atoms with van der Waals surface area (Å²) in [7, 11) is 0. The fourth-order valence-electron chi connectivity index (χ4n) is 3.11. The lowest BCUT2D eigenvalue weighted by Crippen LogP contribution is -2.25. The summed E-state index contributed by atoms with van der Waals surface area (Å²) in [4.78, 5) is 0. The van der Waals surface area contributed by atoms with Gasteiger partial charge in [0, 0.05) is 25.0 Å². The van der Waals surface area contributed by atoms with Crippen molar-refractivity contribution in [3.63, 3.8) is 0 Å². The van der Waals surface area contributed by atoms with Crippen LogP contribution in [0.3, 0.4) is 0 Å². The predicted molar refractivity (Wildman–Crippen MR) is 55.6 cm³/mol. The normalized spacial score (nSPS) is 39.6. The Kier molecular flexibility index (Phi) is 2.50. The highest BCUT2D eigenvalue weighted by molar-refractivity contribution is 5.37. The Labute approximate surface area is 85.0 Å². The fraction of sp³-hybridized carbons (Fsp3) is 0.667. The molecule has 2 nitrogen and oxygen atoms in total. The Bertz CT molecular complexity index is 265. The van der Waals surface area contributed by atoms with Crippen molar-refractivity contribution in [2.75, 3.05) is 13.2 Å². The molecule has 2 aliphatic rings. The molecule has 1 saturated carbocycles. The first-order valence-electron chi connectivity index (χ1n) is 5.28. The average molecular weight is 194 g/mol. The van der Waals surface area contributed by atoms with Gasteiger partial charge in [-0.15, -0.1) is 0 Å². The third-order valence-corrected chi connectivity index (χ3v) is 3.72. The lowest BCUT2D eigenvalue weighted by Gasteiger charge is -2.23. The molecule has 0 saturated heterocycles. The molecule has 0 aromatic carbocycles. The summed E-state index contributed by atoms with van der Waals surface area (Å²) in [6.45, 7) is 4.62. The van der Waals surface area contributed by atoms with Gasteiger partial charge in [0.1, 0.15) is 0 Å². The second kappa shape index (κ2) is 3.52. The maximum atomic E-state index is 9.32. The van der Waals surface area contributed by atoms with Crippen LogP contribution in [-0.2, 0) is 0 Å². The molecule has 4 atom stereocenters. The number of aliphatic hydroxyl groups is 2. The minimum absolute atomic E-state index is 0.188. The van der Waals surface area contributed by atoms with Crippen LogP contribution in [0.25, 0.3) is 0 Å². The predicted octanol–water partition coefficient (Wildman–Crippen LogP) is 1.36. The standard InChI is InChI=1S/C12H18O2/c1-7(2)12-8-3-4-9(12)11(6-14)10(8)5-13/h3-4,8-11,13-14H,5-6H2,1-2H3/t8-,9-,10-,11+/m0/s1. The number of hydrogen-bond donors (Lipinski definition) is 2. The van der Waals surface area contributed by atoms with Crippen LogP contribution in [0.1, 0.15) is 13.8 Å². The molecule has 0 amide bonds. The Morgan fingerprint density at radius 1 is 1.07 bits per heavy atom. The van der Waals surface area contributed by atoms with E-state index in [1.807, 2.05) is 0 Å². The minimum atomic E-state index is 0.188. The van der Waals surface area contributed by atoms with Crippen LogP contribution in [0.15, 0.2) is 23.3 Å². The molecule has 0 radical (unpaired) electrons. The van der Waals surface area contributed by atoms with Crippen LogP contribution in [0.2, 0.25) is 0 Å². The SMILES string of the molecule is CC(C)=C1[C@H]2C=C[C@H]1[C@@H](CO)[C@H]2CO. The number of aliphatic hydroxyl groups excluding tert-OH is 2. The minimum Gasteiger partial charge on any atom is -0.396 e. The molecule has 2 aliphatic carbocycles. The lowest BCUT2D eigenvalue weighted by atomic mass is 9.84. The first-order chi connectivity index (χ1) is 6.70. The summed E-state index contributed by atoms with van der Waals surface area (Å²) in [5, 5.41) is 18.6. The van der Waals surface area contributed by atoms with Crippen molar-refractivity contribution in [1.29, 1.82) is 0 Å². The maximum Gasteiger partial charge on any atom is 0.0471 e. The smallest absolute Gasteiger partial charge is 0.0471 e. The third-order valence-electron chi connectivity index (χ3n) is 3.72. The summed E-state index contributed by atoms with van der Waals surface area (Å²) in [5.74, 6) is 1.24. The summed E-state index contributed by atoms with van der Waals surface area (Å²) in [6, 6.07) is 0. The van der Waals surface area contributed by atoms with Gasteiger partial charge in [0.2, 0.25) is 0 Å². The van der Waals surface area contributed by atoms with Crippen LogP contribution in [0.4, 0.5) is 0 Å². The third kappa shape index (κ3) is 1.17. The molecule has 0 aromatic heterocycles. The number of hydrogen-bond acceptors (Lipinski definition) is 2. The summed E-state index contributed by atoms with van der Waals surface area (Å²) in [6.07, 6.45) is 4.39. The molecular formula is C12H18O2. The van der Waals surface area contributed by atoms with E-state index in [0.29, 0.717) is 11.8 Å². The van der Waals surface area contributed by atoms with Gasteiger partial charge in [-0.3, -0.25) is 0 Å². The van der Waals surface area contributed by atoms with Gasteiger partial charge in [-0.2, -0.15) is 0 Å². The van der Waals surface area contributed by atoms with Gasteiger partial charge >= 0.3 is 0 Å². The fourth-order valence-corrected chi connectivity index (χ4v) is 3.11. The van der Waals surface area contributed by atoms with Gasteiger partial charge in [0.05, 0.1) is 0 Å². The van der Waals surface area contributed by atoms with Crippen molar-refractivity contribution < 1.29 is 10.2 Å². The van der Waals surface area contributed by atoms with E-state index in [1.54, 1.807) is 0 Å². The second-order valence-electron chi connectivity index (χ2n) is 4.58. The van der Waals surface area contributed by atoms with Gasteiger partial charge in [0.25, 0.3) is 0 Å². The van der Waals surface area contributed by atoms with E-state index in [-0.39, 0.29) is 25.0 Å². The first-order valence-corrected chi connectivity index (χ1v) is 5.28. The highest BCUT2D eigenvalue weighted by atomic mass is 16.3. The van der Waals surface area contributed by atoms with Crippen LogP contribution >= 0.6 is 0 Å². The second-order valence-corrected chi connectivity index (χ2v) is 4.58. The topological polar surface area (TPSA) is 40.5 Å². The first kappa shape index (κ1) is 9.94. The molecule has 0 heterocycles. The highest BCUT2D eigenvalue weighted by Crippen LogP contribution is 2.52. The van der Waals surface area contributed by atoms with Gasteiger partial charge in [0.15, 0.2) is 0 Å². The molecule has 0 unspecified atom stereocenters. The van der Waals surface area contributed by atoms with Crippen molar-refractivity contribution in [3.8, 4) is 0 Å². The molecule has 2 rings (SSSR count). The Balaban J connectivity index is 2.36. The molecule has 0 aliphatic heterocycles. The maximum absolute atomic E-state index is 9.32. The number of rotatable bonds is 2. The van der Waals surface area contributed by atoms with Crippen LogP contribution in [0.5, 0.6) is 0 Å². The van der Waals surface area contributed by atoms with Crippen molar-refractivity contribution >= 4 is 0 Å². The van der Waals surface area contributed by atoms with E-state index in [4.69, 9.17) is 0 Å². The van der Waals surface area contributed by atoms with Gasteiger partial charge in [-0.05, 0) is 25.7 Å². The van der Waals surface area contributed by atoms with Gasteiger partial charge in [-0.1, -0.05) is 23.3 Å². The summed E-state index contributed by atoms with van der Waals surface area (Å²) in [5.41, 5.74) is 2.78. The molecule has 78 valence electrons. The average Bonchev–Trinajstić information content (AvgIpc) is 2.70. The van der Waals surface area contributed by atoms with Crippen molar-refractivity contribution in [3.05, 3.63) is 23.3 Å². The van der Waals surface area contributed by atoms with Crippen LogP contribution < -0.4 is 0 Å². The van der Waals surface area contributed by atoms with Gasteiger partial charge in [-0.25, -0.2) is 0 Å². The largest absolute Gasteiger partial charge is 0.396 e. The van der Waals surface area contributed by atoms with E-state index in [2.05, 4.69) is 26.0 Å². The quantitative estimate of drug-likeness (QED) is 0.651. The highest BCUT2D eigenvalue weighted by Gasteiger charge is 2.47. The summed E-state index contributed by atoms with van der Waals surface area (Å²) < 4.78 is 0.